The molecule has 4 rings (SSSR count). The summed E-state index contributed by atoms with van der Waals surface area (Å²) in [6.07, 6.45) is 5.97. The van der Waals surface area contributed by atoms with E-state index in [9.17, 15) is 19.6 Å². The fourth-order valence-electron chi connectivity index (χ4n) is 4.79. The number of pyridine rings is 2. The monoisotopic (exact) mass is 520 g/mol. The number of hydrogen-bond donors (Lipinski definition) is 1. The van der Waals surface area contributed by atoms with Crippen molar-refractivity contribution in [2.75, 3.05) is 44.1 Å². The Morgan fingerprint density at radius 1 is 1.34 bits per heavy atom. The minimum absolute atomic E-state index is 0.116. The molecule has 0 radical (unpaired) electrons. The summed E-state index contributed by atoms with van der Waals surface area (Å²) in [5.74, 6) is 0.631. The topological polar surface area (TPSA) is 138 Å². The molecular formula is C27H32N6O5. The Morgan fingerprint density at radius 2 is 2.18 bits per heavy atom. The van der Waals surface area contributed by atoms with Crippen molar-refractivity contribution < 1.29 is 23.9 Å². The molecule has 200 valence electrons. The van der Waals surface area contributed by atoms with Gasteiger partial charge in [0.1, 0.15) is 29.5 Å². The first kappa shape index (κ1) is 27.2. The van der Waals surface area contributed by atoms with Crippen molar-refractivity contribution in [1.29, 1.82) is 5.26 Å². The normalized spacial score (nSPS) is 16.4. The first-order valence-electron chi connectivity index (χ1n) is 12.8. The van der Waals surface area contributed by atoms with Gasteiger partial charge in [0.05, 0.1) is 5.56 Å². The van der Waals surface area contributed by atoms with Gasteiger partial charge in [-0.3, -0.25) is 19.8 Å². The molecule has 3 amide bonds. The summed E-state index contributed by atoms with van der Waals surface area (Å²) in [5, 5.41) is 12.2. The maximum Gasteiger partial charge on any atom is 0.328 e. The molecule has 0 spiro atoms. The van der Waals surface area contributed by atoms with Crippen LogP contribution in [0.1, 0.15) is 58.4 Å². The fraction of sp³-hybridized carbons (Fsp3) is 0.481. The van der Waals surface area contributed by atoms with Crippen molar-refractivity contribution in [3.8, 4) is 6.07 Å². The molecule has 38 heavy (non-hydrogen) atoms. The summed E-state index contributed by atoms with van der Waals surface area (Å²) in [7, 11) is 3.31. The minimum atomic E-state index is -0.444. The lowest BCUT2D eigenvalue weighted by molar-refractivity contribution is -0.140. The Labute approximate surface area is 221 Å². The summed E-state index contributed by atoms with van der Waals surface area (Å²) in [6, 6.07) is 5.27. The SMILES string of the molecule is COCCCc1cc(NC(=O)N2CCCc3cc(CN(C)C(=O)[C@H]4CCCO4)c(C=O)nc32)ncc1C#N. The van der Waals surface area contributed by atoms with Crippen molar-refractivity contribution in [2.24, 2.45) is 0 Å². The van der Waals surface area contributed by atoms with Crippen LogP contribution in [0, 0.1) is 11.3 Å². The first-order valence-corrected chi connectivity index (χ1v) is 12.8. The number of methoxy groups -OCH3 is 1. The number of nitrogens with one attached hydrogen (secondary N) is 1. The van der Waals surface area contributed by atoms with Crippen molar-refractivity contribution in [2.45, 2.75) is 51.2 Å². The van der Waals surface area contributed by atoms with E-state index >= 15 is 0 Å². The van der Waals surface area contributed by atoms with Crippen molar-refractivity contribution in [1.82, 2.24) is 14.9 Å². The van der Waals surface area contributed by atoms with Crippen LogP contribution in [-0.2, 0) is 33.7 Å². The Balaban J connectivity index is 1.51. The number of nitrogens with zero attached hydrogens (tertiary/aromatic N) is 5. The van der Waals surface area contributed by atoms with E-state index in [-0.39, 0.29) is 18.1 Å². The van der Waals surface area contributed by atoms with Gasteiger partial charge in [-0.1, -0.05) is 0 Å². The highest BCUT2D eigenvalue weighted by atomic mass is 16.5. The van der Waals surface area contributed by atoms with Crippen LogP contribution in [0.4, 0.5) is 16.4 Å². The van der Waals surface area contributed by atoms with Gasteiger partial charge in [0, 0.05) is 52.2 Å². The van der Waals surface area contributed by atoms with Gasteiger partial charge >= 0.3 is 6.03 Å². The van der Waals surface area contributed by atoms with Crippen LogP contribution in [0.5, 0.6) is 0 Å². The quantitative estimate of drug-likeness (QED) is 0.394. The third kappa shape index (κ3) is 6.15. The average molecular weight is 521 g/mol. The fourth-order valence-corrected chi connectivity index (χ4v) is 4.79. The molecule has 1 fully saturated rings. The number of anilines is 2. The zero-order valence-corrected chi connectivity index (χ0v) is 21.7. The van der Waals surface area contributed by atoms with Crippen LogP contribution < -0.4 is 10.2 Å². The second-order valence-electron chi connectivity index (χ2n) is 9.45. The molecule has 0 bridgehead atoms. The summed E-state index contributed by atoms with van der Waals surface area (Å²) in [4.78, 5) is 49.7. The van der Waals surface area contributed by atoms with E-state index in [1.54, 1.807) is 25.1 Å². The van der Waals surface area contributed by atoms with Gasteiger partial charge in [-0.2, -0.15) is 5.26 Å². The molecule has 0 unspecified atom stereocenters. The smallest absolute Gasteiger partial charge is 0.328 e. The Bertz CT molecular complexity index is 1240. The Kier molecular flexibility index (Phi) is 8.99. The van der Waals surface area contributed by atoms with Gasteiger partial charge in [0.2, 0.25) is 0 Å². The van der Waals surface area contributed by atoms with Crippen molar-refractivity contribution >= 4 is 29.9 Å². The number of carbonyl (C=O) groups is 3. The van der Waals surface area contributed by atoms with E-state index in [0.717, 1.165) is 30.4 Å². The molecule has 0 aliphatic carbocycles. The number of nitriles is 1. The van der Waals surface area contributed by atoms with Crippen LogP contribution in [-0.4, -0.2) is 73.1 Å². The molecule has 11 nitrogen and oxygen atoms in total. The third-order valence-corrected chi connectivity index (χ3v) is 6.76. The van der Waals surface area contributed by atoms with Crippen molar-refractivity contribution in [3.63, 3.8) is 0 Å². The second-order valence-corrected chi connectivity index (χ2v) is 9.45. The lowest BCUT2D eigenvalue weighted by Crippen LogP contribution is -2.40. The van der Waals surface area contributed by atoms with Gasteiger partial charge in [-0.05, 0) is 61.8 Å². The zero-order chi connectivity index (χ0) is 27.1. The zero-order valence-electron chi connectivity index (χ0n) is 21.7. The number of fused-ring (bicyclic) bond motifs is 1. The van der Waals surface area contributed by atoms with Gasteiger partial charge in [-0.15, -0.1) is 0 Å². The lowest BCUT2D eigenvalue weighted by Gasteiger charge is -2.29. The number of hydrogen-bond acceptors (Lipinski definition) is 8. The van der Waals surface area contributed by atoms with E-state index < -0.39 is 12.1 Å². The number of rotatable bonds is 9. The van der Waals surface area contributed by atoms with Crippen molar-refractivity contribution in [3.05, 3.63) is 46.3 Å². The van der Waals surface area contributed by atoms with Crippen LogP contribution in [0.2, 0.25) is 0 Å². The Hall–Kier alpha value is -3.88. The highest BCUT2D eigenvalue weighted by molar-refractivity contribution is 6.01. The summed E-state index contributed by atoms with van der Waals surface area (Å²) in [5.41, 5.74) is 2.88. The standard InChI is InChI=1S/C27H32N6O5/c1-32(26(35)23-8-5-11-38-23)16-20-12-19-6-3-9-33(25(19)30-22(20)17-34)27(36)31-24-13-18(7-4-10-37-2)21(14-28)15-29-24/h12-13,15,17,23H,3-11,16H2,1-2H3,(H,29,31,36)/t23-/m1/s1. The van der Waals surface area contributed by atoms with Crippen LogP contribution >= 0.6 is 0 Å². The number of aryl methyl sites for hydroxylation is 2. The predicted molar refractivity (Wildman–Crippen MR) is 139 cm³/mol. The molecule has 1 saturated heterocycles. The number of aldehydes is 1. The molecule has 1 atom stereocenters. The van der Waals surface area contributed by atoms with E-state index in [0.29, 0.717) is 68.1 Å². The summed E-state index contributed by atoms with van der Waals surface area (Å²) < 4.78 is 10.6. The summed E-state index contributed by atoms with van der Waals surface area (Å²) >= 11 is 0. The highest BCUT2D eigenvalue weighted by Gasteiger charge is 2.29. The molecule has 4 heterocycles. The summed E-state index contributed by atoms with van der Waals surface area (Å²) in [6.45, 7) is 1.79. The molecule has 2 aliphatic rings. The predicted octanol–water partition coefficient (Wildman–Crippen LogP) is 2.86. The molecule has 11 heteroatoms. The number of amides is 3. The molecule has 2 aromatic heterocycles. The molecular weight excluding hydrogens is 488 g/mol. The van der Waals surface area contributed by atoms with Crippen LogP contribution in [0.3, 0.4) is 0 Å². The van der Waals surface area contributed by atoms with Gasteiger partial charge in [0.25, 0.3) is 5.91 Å². The van der Waals surface area contributed by atoms with Crippen LogP contribution in [0.15, 0.2) is 18.3 Å². The first-order chi connectivity index (χ1) is 18.4. The van der Waals surface area contributed by atoms with Crippen LogP contribution in [0.25, 0.3) is 0 Å². The molecule has 2 aliphatic heterocycles. The molecule has 1 N–H and O–H groups in total. The lowest BCUT2D eigenvalue weighted by atomic mass is 10.0. The van der Waals surface area contributed by atoms with Gasteiger partial charge in [0.15, 0.2) is 6.29 Å². The number of ether oxygens (including phenoxy) is 2. The molecule has 0 saturated carbocycles. The van der Waals surface area contributed by atoms with E-state index in [4.69, 9.17) is 9.47 Å². The average Bonchev–Trinajstić information content (AvgIpc) is 3.47. The largest absolute Gasteiger partial charge is 0.385 e. The van der Waals surface area contributed by atoms with Gasteiger partial charge < -0.3 is 14.4 Å². The number of urea groups is 1. The maximum atomic E-state index is 13.2. The van der Waals surface area contributed by atoms with E-state index in [2.05, 4.69) is 21.4 Å². The number of likely N-dealkylation sites (N-methyl/N-ethyl adjacent to an activating group) is 1. The highest BCUT2D eigenvalue weighted by Crippen LogP contribution is 2.29. The second kappa shape index (κ2) is 12.6. The molecule has 0 aromatic carbocycles. The molecule has 2 aromatic rings. The third-order valence-electron chi connectivity index (χ3n) is 6.76. The number of aromatic nitrogens is 2. The minimum Gasteiger partial charge on any atom is -0.385 e. The maximum absolute atomic E-state index is 13.2. The van der Waals surface area contributed by atoms with Gasteiger partial charge in [-0.25, -0.2) is 14.8 Å². The number of carbonyl (C=O) groups excluding carboxylic acids is 3. The van der Waals surface area contributed by atoms with E-state index in [1.165, 1.54) is 11.1 Å². The Morgan fingerprint density at radius 3 is 2.89 bits per heavy atom. The van der Waals surface area contributed by atoms with E-state index in [1.807, 2.05) is 6.07 Å².